The molecule has 0 bridgehead atoms. The van der Waals surface area contributed by atoms with Crippen molar-refractivity contribution in [2.24, 2.45) is 0 Å². The van der Waals surface area contributed by atoms with E-state index in [0.29, 0.717) is 0 Å². The summed E-state index contributed by atoms with van der Waals surface area (Å²) in [5.74, 6) is 1.16. The van der Waals surface area contributed by atoms with Gasteiger partial charge in [-0.15, -0.1) is 11.8 Å². The molecular formula is C12H18ClNS. The maximum absolute atomic E-state index is 6.19. The molecule has 1 nitrogen and oxygen atoms in total. The van der Waals surface area contributed by atoms with Gasteiger partial charge in [0.25, 0.3) is 0 Å². The molecule has 0 unspecified atom stereocenters. The summed E-state index contributed by atoms with van der Waals surface area (Å²) < 4.78 is 0. The molecule has 1 N–H and O–H groups in total. The smallest absolute Gasteiger partial charge is 0.0462 e. The Kier molecular flexibility index (Phi) is 6.15. The quantitative estimate of drug-likeness (QED) is 0.760. The summed E-state index contributed by atoms with van der Waals surface area (Å²) in [6, 6.07) is 6.33. The van der Waals surface area contributed by atoms with Crippen LogP contribution in [0.2, 0.25) is 5.02 Å². The van der Waals surface area contributed by atoms with E-state index in [-0.39, 0.29) is 0 Å². The van der Waals surface area contributed by atoms with Crippen molar-refractivity contribution in [2.75, 3.05) is 12.3 Å². The first kappa shape index (κ1) is 12.9. The molecule has 0 heterocycles. The second kappa shape index (κ2) is 7.15. The van der Waals surface area contributed by atoms with Crippen LogP contribution in [0, 0.1) is 0 Å². The SMILES string of the molecule is CCCSc1ccc(CNCC)c(Cl)c1. The van der Waals surface area contributed by atoms with Crippen LogP contribution in [-0.2, 0) is 6.54 Å². The normalized spacial score (nSPS) is 10.6. The summed E-state index contributed by atoms with van der Waals surface area (Å²) in [4.78, 5) is 1.27. The van der Waals surface area contributed by atoms with Gasteiger partial charge in [0.2, 0.25) is 0 Å². The van der Waals surface area contributed by atoms with E-state index in [1.807, 2.05) is 11.8 Å². The summed E-state index contributed by atoms with van der Waals surface area (Å²) in [6.45, 7) is 6.12. The van der Waals surface area contributed by atoms with Crippen molar-refractivity contribution < 1.29 is 0 Å². The van der Waals surface area contributed by atoms with Crippen molar-refractivity contribution in [3.05, 3.63) is 28.8 Å². The summed E-state index contributed by atoms with van der Waals surface area (Å²) in [5.41, 5.74) is 1.18. The third kappa shape index (κ3) is 4.45. The first-order chi connectivity index (χ1) is 7.27. The van der Waals surface area contributed by atoms with Crippen LogP contribution in [0.3, 0.4) is 0 Å². The summed E-state index contributed by atoms with van der Waals surface area (Å²) in [5, 5.41) is 4.15. The van der Waals surface area contributed by atoms with Crippen molar-refractivity contribution in [3.63, 3.8) is 0 Å². The molecular weight excluding hydrogens is 226 g/mol. The molecule has 0 aromatic heterocycles. The van der Waals surface area contributed by atoms with Crippen LogP contribution in [0.25, 0.3) is 0 Å². The van der Waals surface area contributed by atoms with Gasteiger partial charge in [0.15, 0.2) is 0 Å². The van der Waals surface area contributed by atoms with E-state index in [9.17, 15) is 0 Å². The average molecular weight is 244 g/mol. The van der Waals surface area contributed by atoms with E-state index in [2.05, 4.69) is 37.4 Å². The lowest BCUT2D eigenvalue weighted by atomic mass is 10.2. The van der Waals surface area contributed by atoms with Crippen LogP contribution in [0.15, 0.2) is 23.1 Å². The minimum atomic E-state index is 0.855. The molecule has 1 aromatic rings. The fourth-order valence-corrected chi connectivity index (χ4v) is 2.36. The molecule has 0 fully saturated rings. The standard InChI is InChI=1S/C12H18ClNS/c1-3-7-15-11-6-5-10(9-14-4-2)12(13)8-11/h5-6,8,14H,3-4,7,9H2,1-2H3. The van der Waals surface area contributed by atoms with Gasteiger partial charge in [0, 0.05) is 16.5 Å². The number of thioether (sulfide) groups is 1. The van der Waals surface area contributed by atoms with Gasteiger partial charge in [-0.05, 0) is 36.4 Å². The largest absolute Gasteiger partial charge is 0.313 e. The lowest BCUT2D eigenvalue weighted by Gasteiger charge is -2.07. The van der Waals surface area contributed by atoms with E-state index in [1.165, 1.54) is 16.9 Å². The predicted octanol–water partition coefficient (Wildman–Crippen LogP) is 3.95. The van der Waals surface area contributed by atoms with Crippen molar-refractivity contribution in [2.45, 2.75) is 31.7 Å². The Morgan fingerprint density at radius 3 is 2.73 bits per heavy atom. The van der Waals surface area contributed by atoms with Crippen LogP contribution in [0.4, 0.5) is 0 Å². The van der Waals surface area contributed by atoms with Gasteiger partial charge in [0.05, 0.1) is 0 Å². The van der Waals surface area contributed by atoms with Crippen molar-refractivity contribution in [3.8, 4) is 0 Å². The molecule has 0 radical (unpaired) electrons. The molecule has 0 saturated carbocycles. The summed E-state index contributed by atoms with van der Waals surface area (Å²) in [6.07, 6.45) is 1.20. The third-order valence-electron chi connectivity index (χ3n) is 2.06. The number of hydrogen-bond acceptors (Lipinski definition) is 2. The maximum atomic E-state index is 6.19. The number of rotatable bonds is 6. The van der Waals surface area contributed by atoms with Crippen LogP contribution >= 0.6 is 23.4 Å². The molecule has 0 atom stereocenters. The second-order valence-electron chi connectivity index (χ2n) is 3.38. The highest BCUT2D eigenvalue weighted by molar-refractivity contribution is 7.99. The fourth-order valence-electron chi connectivity index (χ4n) is 1.24. The molecule has 1 aromatic carbocycles. The zero-order valence-corrected chi connectivity index (χ0v) is 10.9. The monoisotopic (exact) mass is 243 g/mol. The van der Waals surface area contributed by atoms with Crippen LogP contribution in [0.1, 0.15) is 25.8 Å². The molecule has 0 aliphatic carbocycles. The highest BCUT2D eigenvalue weighted by Gasteiger charge is 2.01. The number of nitrogens with one attached hydrogen (secondary N) is 1. The van der Waals surface area contributed by atoms with Gasteiger partial charge >= 0.3 is 0 Å². The van der Waals surface area contributed by atoms with Crippen LogP contribution in [-0.4, -0.2) is 12.3 Å². The zero-order valence-electron chi connectivity index (χ0n) is 9.35. The lowest BCUT2D eigenvalue weighted by molar-refractivity contribution is 0.726. The second-order valence-corrected chi connectivity index (χ2v) is 4.96. The van der Waals surface area contributed by atoms with Crippen molar-refractivity contribution in [1.82, 2.24) is 5.32 Å². The Morgan fingerprint density at radius 1 is 1.33 bits per heavy atom. The molecule has 0 saturated heterocycles. The van der Waals surface area contributed by atoms with Crippen LogP contribution < -0.4 is 5.32 Å². The van der Waals surface area contributed by atoms with Gasteiger partial charge < -0.3 is 5.32 Å². The fraction of sp³-hybridized carbons (Fsp3) is 0.500. The minimum Gasteiger partial charge on any atom is -0.313 e. The number of halogens is 1. The van der Waals surface area contributed by atoms with Crippen molar-refractivity contribution in [1.29, 1.82) is 0 Å². The van der Waals surface area contributed by atoms with E-state index in [4.69, 9.17) is 11.6 Å². The summed E-state index contributed by atoms with van der Waals surface area (Å²) in [7, 11) is 0. The number of hydrogen-bond donors (Lipinski definition) is 1. The molecule has 0 aliphatic rings. The van der Waals surface area contributed by atoms with Crippen molar-refractivity contribution >= 4 is 23.4 Å². The molecule has 3 heteroatoms. The lowest BCUT2D eigenvalue weighted by Crippen LogP contribution is -2.11. The van der Waals surface area contributed by atoms with E-state index >= 15 is 0 Å². The van der Waals surface area contributed by atoms with E-state index < -0.39 is 0 Å². The molecule has 0 aliphatic heterocycles. The van der Waals surface area contributed by atoms with Gasteiger partial charge in [0.1, 0.15) is 0 Å². The van der Waals surface area contributed by atoms with Gasteiger partial charge in [-0.1, -0.05) is 31.5 Å². The Hall–Kier alpha value is -0.180. The first-order valence-electron chi connectivity index (χ1n) is 5.39. The van der Waals surface area contributed by atoms with E-state index in [0.717, 1.165) is 23.9 Å². The summed E-state index contributed by atoms with van der Waals surface area (Å²) >= 11 is 8.05. The average Bonchev–Trinajstić information content (AvgIpc) is 2.25. The van der Waals surface area contributed by atoms with Crippen LogP contribution in [0.5, 0.6) is 0 Å². The topological polar surface area (TPSA) is 12.0 Å². The van der Waals surface area contributed by atoms with Gasteiger partial charge in [-0.2, -0.15) is 0 Å². The first-order valence-corrected chi connectivity index (χ1v) is 6.76. The maximum Gasteiger partial charge on any atom is 0.0462 e. The van der Waals surface area contributed by atoms with Gasteiger partial charge in [-0.3, -0.25) is 0 Å². The number of benzene rings is 1. The Balaban J connectivity index is 2.61. The molecule has 1 rings (SSSR count). The Labute approximate surface area is 102 Å². The molecule has 0 amide bonds. The Bertz CT molecular complexity index is 302. The zero-order chi connectivity index (χ0) is 11.1. The molecule has 15 heavy (non-hydrogen) atoms. The highest BCUT2D eigenvalue weighted by atomic mass is 35.5. The molecule has 84 valence electrons. The Morgan fingerprint density at radius 2 is 2.13 bits per heavy atom. The molecule has 0 spiro atoms. The van der Waals surface area contributed by atoms with Gasteiger partial charge in [-0.25, -0.2) is 0 Å². The minimum absolute atomic E-state index is 0.855. The third-order valence-corrected chi connectivity index (χ3v) is 3.61. The van der Waals surface area contributed by atoms with E-state index in [1.54, 1.807) is 0 Å². The highest BCUT2D eigenvalue weighted by Crippen LogP contribution is 2.25. The predicted molar refractivity (Wildman–Crippen MR) is 69.8 cm³/mol.